The molecule has 2 aliphatic carbocycles. The molecule has 21 heavy (non-hydrogen) atoms. The Kier molecular flexibility index (Phi) is 5.12. The lowest BCUT2D eigenvalue weighted by Gasteiger charge is -2.20. The molecule has 0 heterocycles. The van der Waals surface area contributed by atoms with E-state index in [-0.39, 0.29) is 5.91 Å². The molecule has 1 amide bonds. The molecule has 0 saturated heterocycles. The molecule has 3 rings (SSSR count). The maximum absolute atomic E-state index is 12.0. The zero-order valence-electron chi connectivity index (χ0n) is 12.2. The van der Waals surface area contributed by atoms with Crippen LogP contribution in [0.4, 0.5) is 0 Å². The third-order valence-electron chi connectivity index (χ3n) is 4.84. The summed E-state index contributed by atoms with van der Waals surface area (Å²) in [7, 11) is 0. The second-order valence-electron chi connectivity index (χ2n) is 6.29. The van der Waals surface area contributed by atoms with Gasteiger partial charge in [0, 0.05) is 28.6 Å². The molecule has 2 bridgehead atoms. The van der Waals surface area contributed by atoms with Crippen molar-refractivity contribution in [3.05, 3.63) is 29.3 Å². The Morgan fingerprint density at radius 2 is 2.05 bits per heavy atom. The molecule has 2 aliphatic rings. The molecule has 2 fully saturated rings. The molecule has 0 spiro atoms. The van der Waals surface area contributed by atoms with Gasteiger partial charge in [-0.15, -0.1) is 11.8 Å². The highest BCUT2D eigenvalue weighted by Gasteiger charge is 2.39. The van der Waals surface area contributed by atoms with Gasteiger partial charge in [0.25, 0.3) is 0 Å². The third kappa shape index (κ3) is 4.17. The third-order valence-corrected chi connectivity index (χ3v) is 6.10. The van der Waals surface area contributed by atoms with Crippen LogP contribution in [0.5, 0.6) is 0 Å². The average Bonchev–Trinajstić information content (AvgIpc) is 3.08. The van der Waals surface area contributed by atoms with Crippen LogP contribution < -0.4 is 5.32 Å². The highest BCUT2D eigenvalue weighted by molar-refractivity contribution is 7.99. The van der Waals surface area contributed by atoms with Crippen molar-refractivity contribution in [1.29, 1.82) is 0 Å². The topological polar surface area (TPSA) is 29.1 Å². The van der Waals surface area contributed by atoms with Gasteiger partial charge < -0.3 is 5.32 Å². The summed E-state index contributed by atoms with van der Waals surface area (Å²) in [5.74, 6) is 3.57. The van der Waals surface area contributed by atoms with Gasteiger partial charge in [0.15, 0.2) is 0 Å². The quantitative estimate of drug-likeness (QED) is 0.622. The second-order valence-corrected chi connectivity index (χ2v) is 7.90. The van der Waals surface area contributed by atoms with Gasteiger partial charge >= 0.3 is 0 Å². The van der Waals surface area contributed by atoms with Gasteiger partial charge in [-0.2, -0.15) is 0 Å². The van der Waals surface area contributed by atoms with Gasteiger partial charge in [0.2, 0.25) is 5.91 Å². The SMILES string of the molecule is O=C(C[C@H]1C[C@H]2CC[C@H]1C2)NCCSc1ccc(Cl)cc1. The first-order valence-corrected chi connectivity index (χ1v) is 9.22. The predicted molar refractivity (Wildman–Crippen MR) is 88.7 cm³/mol. The van der Waals surface area contributed by atoms with Crippen molar-refractivity contribution in [1.82, 2.24) is 5.32 Å². The van der Waals surface area contributed by atoms with Crippen molar-refractivity contribution in [2.75, 3.05) is 12.3 Å². The molecular formula is C17H22ClNOS. The Morgan fingerprint density at radius 3 is 2.71 bits per heavy atom. The highest BCUT2D eigenvalue weighted by atomic mass is 35.5. The van der Waals surface area contributed by atoms with Crippen LogP contribution in [-0.2, 0) is 4.79 Å². The van der Waals surface area contributed by atoms with E-state index in [4.69, 9.17) is 11.6 Å². The molecule has 2 nitrogen and oxygen atoms in total. The first kappa shape index (κ1) is 15.2. The molecule has 1 aromatic carbocycles. The number of amides is 1. The first-order valence-electron chi connectivity index (χ1n) is 7.86. The number of carbonyl (C=O) groups is 1. The smallest absolute Gasteiger partial charge is 0.220 e. The van der Waals surface area contributed by atoms with Crippen LogP contribution in [-0.4, -0.2) is 18.2 Å². The largest absolute Gasteiger partial charge is 0.355 e. The molecule has 4 heteroatoms. The summed E-state index contributed by atoms with van der Waals surface area (Å²) in [5.41, 5.74) is 0. The maximum atomic E-state index is 12.0. The molecule has 0 aliphatic heterocycles. The normalized spacial score (nSPS) is 27.0. The van der Waals surface area contributed by atoms with Crippen molar-refractivity contribution in [3.63, 3.8) is 0 Å². The van der Waals surface area contributed by atoms with E-state index in [1.165, 1.54) is 30.6 Å². The summed E-state index contributed by atoms with van der Waals surface area (Å²) in [4.78, 5) is 13.2. The van der Waals surface area contributed by atoms with Crippen molar-refractivity contribution >= 4 is 29.3 Å². The molecule has 0 aromatic heterocycles. The lowest BCUT2D eigenvalue weighted by atomic mass is 9.86. The molecule has 114 valence electrons. The van der Waals surface area contributed by atoms with E-state index in [9.17, 15) is 4.79 Å². The number of thioether (sulfide) groups is 1. The fourth-order valence-corrected chi connectivity index (χ4v) is 4.72. The number of nitrogens with one attached hydrogen (secondary N) is 1. The van der Waals surface area contributed by atoms with Gasteiger partial charge in [0.05, 0.1) is 0 Å². The van der Waals surface area contributed by atoms with Crippen LogP contribution in [0.2, 0.25) is 5.02 Å². The molecular weight excluding hydrogens is 302 g/mol. The number of hydrogen-bond acceptors (Lipinski definition) is 2. The molecule has 0 radical (unpaired) electrons. The van der Waals surface area contributed by atoms with E-state index >= 15 is 0 Å². The Balaban J connectivity index is 1.32. The number of carbonyl (C=O) groups excluding carboxylic acids is 1. The zero-order chi connectivity index (χ0) is 14.7. The molecule has 3 atom stereocenters. The fraction of sp³-hybridized carbons (Fsp3) is 0.588. The summed E-state index contributed by atoms with van der Waals surface area (Å²) in [6.07, 6.45) is 6.17. The monoisotopic (exact) mass is 323 g/mol. The van der Waals surface area contributed by atoms with E-state index in [1.54, 1.807) is 11.8 Å². The van der Waals surface area contributed by atoms with E-state index in [2.05, 4.69) is 5.32 Å². The van der Waals surface area contributed by atoms with E-state index in [0.717, 1.165) is 35.6 Å². The average molecular weight is 324 g/mol. The predicted octanol–water partition coefficient (Wildman–Crippen LogP) is 4.37. The Hall–Kier alpha value is -0.670. The van der Waals surface area contributed by atoms with Crippen molar-refractivity contribution in [3.8, 4) is 0 Å². The first-order chi connectivity index (χ1) is 10.2. The number of benzene rings is 1. The summed E-state index contributed by atoms with van der Waals surface area (Å²) < 4.78 is 0. The number of rotatable bonds is 6. The van der Waals surface area contributed by atoms with E-state index < -0.39 is 0 Å². The van der Waals surface area contributed by atoms with Crippen LogP contribution in [0.15, 0.2) is 29.2 Å². The lowest BCUT2D eigenvalue weighted by Crippen LogP contribution is -2.29. The number of halogens is 1. The van der Waals surface area contributed by atoms with Crippen molar-refractivity contribution in [2.45, 2.75) is 37.0 Å². The molecule has 0 unspecified atom stereocenters. The Morgan fingerprint density at radius 1 is 1.24 bits per heavy atom. The Bertz CT molecular complexity index is 490. The van der Waals surface area contributed by atoms with Gasteiger partial charge in [-0.25, -0.2) is 0 Å². The van der Waals surface area contributed by atoms with Gasteiger partial charge in [-0.3, -0.25) is 4.79 Å². The minimum atomic E-state index is 0.240. The minimum absolute atomic E-state index is 0.240. The van der Waals surface area contributed by atoms with Crippen LogP contribution in [0.3, 0.4) is 0 Å². The van der Waals surface area contributed by atoms with Crippen molar-refractivity contribution in [2.24, 2.45) is 17.8 Å². The van der Waals surface area contributed by atoms with Crippen LogP contribution in [0.25, 0.3) is 0 Å². The van der Waals surface area contributed by atoms with Gasteiger partial charge in [-0.05, 0) is 61.3 Å². The number of hydrogen-bond donors (Lipinski definition) is 1. The highest BCUT2D eigenvalue weighted by Crippen LogP contribution is 2.49. The summed E-state index contributed by atoms with van der Waals surface area (Å²) in [6, 6.07) is 7.84. The van der Waals surface area contributed by atoms with E-state index in [1.807, 2.05) is 24.3 Å². The van der Waals surface area contributed by atoms with Crippen LogP contribution in [0, 0.1) is 17.8 Å². The molecule has 2 saturated carbocycles. The van der Waals surface area contributed by atoms with Crippen LogP contribution in [0.1, 0.15) is 32.1 Å². The zero-order valence-corrected chi connectivity index (χ0v) is 13.8. The van der Waals surface area contributed by atoms with E-state index in [0.29, 0.717) is 5.92 Å². The minimum Gasteiger partial charge on any atom is -0.355 e. The molecule has 1 N–H and O–H groups in total. The summed E-state index contributed by atoms with van der Waals surface area (Å²) >= 11 is 7.61. The molecule has 1 aromatic rings. The second kappa shape index (κ2) is 7.06. The van der Waals surface area contributed by atoms with Gasteiger partial charge in [0.1, 0.15) is 0 Å². The summed E-state index contributed by atoms with van der Waals surface area (Å²) in [5, 5.41) is 3.83. The fourth-order valence-electron chi connectivity index (χ4n) is 3.83. The van der Waals surface area contributed by atoms with Gasteiger partial charge in [-0.1, -0.05) is 18.0 Å². The lowest BCUT2D eigenvalue weighted by molar-refractivity contribution is -0.122. The standard InChI is InChI=1S/C17H22ClNOS/c18-15-3-5-16(6-4-15)21-8-7-19-17(20)11-14-10-12-1-2-13(14)9-12/h3-6,12-14H,1-2,7-11H2,(H,19,20)/t12-,13-,14+/m0/s1. The summed E-state index contributed by atoms with van der Waals surface area (Å²) in [6.45, 7) is 0.743. The Labute approximate surface area is 136 Å². The maximum Gasteiger partial charge on any atom is 0.220 e. The number of fused-ring (bicyclic) bond motifs is 2. The van der Waals surface area contributed by atoms with Crippen LogP contribution >= 0.6 is 23.4 Å². The van der Waals surface area contributed by atoms with Crippen molar-refractivity contribution < 1.29 is 4.79 Å².